The molecule has 0 amide bonds. The summed E-state index contributed by atoms with van der Waals surface area (Å²) in [6, 6.07) is 0. The molecule has 0 rings (SSSR count). The minimum absolute atomic E-state index is 0. The van der Waals surface area contributed by atoms with E-state index < -0.39 is 0 Å². The number of hydrogen-bond donors (Lipinski definition) is 0. The Bertz CT molecular complexity index is 62.6. The molecule has 0 aromatic rings. The van der Waals surface area contributed by atoms with Crippen LogP contribution in [0.4, 0.5) is 0 Å². The summed E-state index contributed by atoms with van der Waals surface area (Å²) >= 11 is 8.56. The van der Waals surface area contributed by atoms with Crippen LogP contribution in [0, 0.1) is 0 Å². The SMILES string of the molecule is C=NC(=S)[S-].[Na+]. The molecule has 28 valence electrons. The van der Waals surface area contributed by atoms with Crippen LogP contribution >= 0.6 is 12.2 Å². The molecule has 1 nitrogen and oxygen atoms in total. The van der Waals surface area contributed by atoms with Gasteiger partial charge in [-0.1, -0.05) is 0 Å². The van der Waals surface area contributed by atoms with Gasteiger partial charge in [0.2, 0.25) is 0 Å². The van der Waals surface area contributed by atoms with Crippen molar-refractivity contribution in [3.05, 3.63) is 0 Å². The van der Waals surface area contributed by atoms with E-state index in [-0.39, 0.29) is 33.9 Å². The van der Waals surface area contributed by atoms with Crippen LogP contribution in [-0.2, 0) is 12.6 Å². The maximum atomic E-state index is 4.28. The van der Waals surface area contributed by atoms with E-state index in [4.69, 9.17) is 0 Å². The first-order chi connectivity index (χ1) is 2.27. The second-order valence-electron chi connectivity index (χ2n) is 0.424. The maximum absolute atomic E-state index is 4.28. The molecule has 0 bridgehead atoms. The molecule has 0 atom stereocenters. The second-order valence-corrected chi connectivity index (χ2v) is 1.46. The van der Waals surface area contributed by atoms with Crippen LogP contribution < -0.4 is 29.6 Å². The zero-order valence-corrected chi connectivity index (χ0v) is 7.10. The first kappa shape index (κ1) is 10.1. The summed E-state index contributed by atoms with van der Waals surface area (Å²) in [5, 5.41) is 0. The Morgan fingerprint density at radius 2 is 2.00 bits per heavy atom. The molecular weight excluding hydrogens is 125 g/mol. The summed E-state index contributed by atoms with van der Waals surface area (Å²) in [6.07, 6.45) is 0. The fraction of sp³-hybridized carbons (Fsp3) is 0. The van der Waals surface area contributed by atoms with Gasteiger partial charge in [0.1, 0.15) is 0 Å². The van der Waals surface area contributed by atoms with Crippen LogP contribution in [0.1, 0.15) is 0 Å². The van der Waals surface area contributed by atoms with E-state index in [9.17, 15) is 0 Å². The van der Waals surface area contributed by atoms with E-state index in [2.05, 4.69) is 36.6 Å². The van der Waals surface area contributed by atoms with Gasteiger partial charge in [-0.2, -0.15) is 0 Å². The van der Waals surface area contributed by atoms with Crippen LogP contribution in [-0.4, -0.2) is 11.0 Å². The van der Waals surface area contributed by atoms with Crippen molar-refractivity contribution < 1.29 is 29.6 Å². The molecule has 0 heterocycles. The van der Waals surface area contributed by atoms with E-state index in [0.717, 1.165) is 0 Å². The van der Waals surface area contributed by atoms with Gasteiger partial charge < -0.3 is 24.8 Å². The number of thiocarbonyl (C=S) groups is 1. The third-order valence-corrected chi connectivity index (χ3v) is 0.387. The standard InChI is InChI=1S/C2H3NS2.Na/c1-3-2(4)5;/h1H2,(H,4,5);/q;+1/p-1. The molecular formula is C2H2NNaS2. The summed E-state index contributed by atoms with van der Waals surface area (Å²) in [4.78, 5) is 3.19. The Hall–Kier alpha value is 0.980. The second kappa shape index (κ2) is 5.98. The van der Waals surface area contributed by atoms with Crippen molar-refractivity contribution in [2.24, 2.45) is 4.99 Å². The predicted octanol–water partition coefficient (Wildman–Crippen LogP) is -2.48. The average Bonchev–Trinajstić information content (AvgIpc) is 1.38. The first-order valence-electron chi connectivity index (χ1n) is 0.948. The molecule has 0 saturated carbocycles. The van der Waals surface area contributed by atoms with Gasteiger partial charge in [0, 0.05) is 0 Å². The van der Waals surface area contributed by atoms with Crippen LogP contribution in [0.3, 0.4) is 0 Å². The van der Waals surface area contributed by atoms with Crippen molar-refractivity contribution in [1.82, 2.24) is 0 Å². The first-order valence-corrected chi connectivity index (χ1v) is 1.76. The maximum Gasteiger partial charge on any atom is 1.00 e. The third-order valence-electron chi connectivity index (χ3n) is 0.129. The molecule has 0 spiro atoms. The molecule has 4 heteroatoms. The van der Waals surface area contributed by atoms with Gasteiger partial charge in [-0.3, -0.25) is 4.99 Å². The zero-order valence-electron chi connectivity index (χ0n) is 3.47. The summed E-state index contributed by atoms with van der Waals surface area (Å²) in [7, 11) is 0. The number of rotatable bonds is 0. The largest absolute Gasteiger partial charge is 1.00 e. The Morgan fingerprint density at radius 3 is 2.00 bits per heavy atom. The van der Waals surface area contributed by atoms with Gasteiger partial charge in [0.25, 0.3) is 0 Å². The molecule has 0 aromatic carbocycles. The van der Waals surface area contributed by atoms with Gasteiger partial charge >= 0.3 is 29.6 Å². The molecule has 0 aromatic heterocycles. The molecule has 0 fully saturated rings. The Balaban J connectivity index is 0. The summed E-state index contributed by atoms with van der Waals surface area (Å²) < 4.78 is 0.185. The fourth-order valence-electron chi connectivity index (χ4n) is 0. The smallest absolute Gasteiger partial charge is 0.409 e. The van der Waals surface area contributed by atoms with E-state index >= 15 is 0 Å². The van der Waals surface area contributed by atoms with Gasteiger partial charge in [-0.15, -0.1) is 0 Å². The topological polar surface area (TPSA) is 12.4 Å². The molecule has 0 aliphatic rings. The van der Waals surface area contributed by atoms with E-state index in [1.807, 2.05) is 0 Å². The summed E-state index contributed by atoms with van der Waals surface area (Å²) in [6.45, 7) is 3.06. The van der Waals surface area contributed by atoms with Crippen LogP contribution in [0.5, 0.6) is 0 Å². The molecule has 6 heavy (non-hydrogen) atoms. The Labute approximate surface area is 69.9 Å². The molecule has 0 aliphatic carbocycles. The number of aliphatic imine (C=N–C) groups is 1. The third kappa shape index (κ3) is 8.88. The monoisotopic (exact) mass is 127 g/mol. The Morgan fingerprint density at radius 1 is 1.83 bits per heavy atom. The van der Waals surface area contributed by atoms with Crippen molar-refractivity contribution in [3.63, 3.8) is 0 Å². The number of nitrogens with zero attached hydrogens (tertiary/aromatic N) is 1. The van der Waals surface area contributed by atoms with E-state index in [0.29, 0.717) is 0 Å². The van der Waals surface area contributed by atoms with Crippen molar-refractivity contribution >= 4 is 35.9 Å². The van der Waals surface area contributed by atoms with Crippen molar-refractivity contribution in [2.45, 2.75) is 0 Å². The minimum Gasteiger partial charge on any atom is -0.409 e. The van der Waals surface area contributed by atoms with Gasteiger partial charge in [0.05, 0.1) is 0 Å². The fourth-order valence-corrected chi connectivity index (χ4v) is 0. The van der Waals surface area contributed by atoms with Crippen LogP contribution in [0.25, 0.3) is 0 Å². The van der Waals surface area contributed by atoms with Gasteiger partial charge in [-0.05, 0) is 11.0 Å². The molecule has 0 N–H and O–H groups in total. The number of hydrogen-bond acceptors (Lipinski definition) is 2. The van der Waals surface area contributed by atoms with Gasteiger partial charge in [-0.25, -0.2) is 0 Å². The molecule has 0 saturated heterocycles. The summed E-state index contributed by atoms with van der Waals surface area (Å²) in [5.74, 6) is 0. The van der Waals surface area contributed by atoms with E-state index in [1.165, 1.54) is 0 Å². The van der Waals surface area contributed by atoms with Crippen LogP contribution in [0.2, 0.25) is 0 Å². The molecule has 0 radical (unpaired) electrons. The van der Waals surface area contributed by atoms with Crippen molar-refractivity contribution in [3.8, 4) is 0 Å². The molecule has 0 aliphatic heterocycles. The van der Waals surface area contributed by atoms with E-state index in [1.54, 1.807) is 0 Å². The normalized spacial score (nSPS) is 5.33. The molecule has 0 unspecified atom stereocenters. The summed E-state index contributed by atoms with van der Waals surface area (Å²) in [5.41, 5.74) is 0. The quantitative estimate of drug-likeness (QED) is 0.155. The van der Waals surface area contributed by atoms with Gasteiger partial charge in [0.15, 0.2) is 0 Å². The van der Waals surface area contributed by atoms with Crippen molar-refractivity contribution in [2.75, 3.05) is 0 Å². The zero-order chi connectivity index (χ0) is 4.28. The Kier molecular flexibility index (Phi) is 10.0. The minimum atomic E-state index is 0. The predicted molar refractivity (Wildman–Crippen MR) is 29.5 cm³/mol. The van der Waals surface area contributed by atoms with Crippen molar-refractivity contribution in [1.29, 1.82) is 0 Å². The average molecular weight is 127 g/mol. The van der Waals surface area contributed by atoms with Crippen LogP contribution in [0.15, 0.2) is 4.99 Å².